The van der Waals surface area contributed by atoms with Crippen molar-refractivity contribution < 1.29 is 0 Å². The van der Waals surface area contributed by atoms with Crippen LogP contribution in [0.2, 0.25) is 0 Å². The van der Waals surface area contributed by atoms with Crippen molar-refractivity contribution in [3.8, 4) is 0 Å². The Kier molecular flexibility index (Phi) is 4.65. The molecule has 1 unspecified atom stereocenters. The number of rotatable bonds is 5. The van der Waals surface area contributed by atoms with Gasteiger partial charge in [0.2, 0.25) is 0 Å². The number of nitrogens with one attached hydrogen (secondary N) is 1. The van der Waals surface area contributed by atoms with Gasteiger partial charge in [-0.15, -0.1) is 0 Å². The Balaban J connectivity index is 1.59. The average molecular weight is 284 g/mol. The highest BCUT2D eigenvalue weighted by Crippen LogP contribution is 2.22. The second-order valence-electron chi connectivity index (χ2n) is 5.98. The number of aromatic amines is 1. The second kappa shape index (κ2) is 6.85. The summed E-state index contributed by atoms with van der Waals surface area (Å²) in [4.78, 5) is 7.01. The number of H-pyrrole nitrogens is 1. The first-order valence-corrected chi connectivity index (χ1v) is 7.97. The molecule has 0 spiro atoms. The zero-order valence-electron chi connectivity index (χ0n) is 12.8. The van der Waals surface area contributed by atoms with Gasteiger partial charge in [0.05, 0.1) is 6.54 Å². The predicted octanol–water partition coefficient (Wildman–Crippen LogP) is 3.10. The van der Waals surface area contributed by atoms with Gasteiger partial charge in [0, 0.05) is 6.04 Å². The van der Waals surface area contributed by atoms with Crippen LogP contribution in [0.5, 0.6) is 0 Å². The van der Waals surface area contributed by atoms with Gasteiger partial charge in [-0.3, -0.25) is 10.00 Å². The van der Waals surface area contributed by atoms with Crippen LogP contribution in [-0.4, -0.2) is 32.7 Å². The van der Waals surface area contributed by atoms with E-state index >= 15 is 0 Å². The lowest BCUT2D eigenvalue weighted by molar-refractivity contribution is 0.129. The van der Waals surface area contributed by atoms with Gasteiger partial charge >= 0.3 is 0 Å². The Bertz CT molecular complexity index is 549. The topological polar surface area (TPSA) is 44.8 Å². The van der Waals surface area contributed by atoms with Crippen molar-refractivity contribution in [1.29, 1.82) is 0 Å². The third kappa shape index (κ3) is 3.91. The molecule has 1 aliphatic heterocycles. The molecule has 1 aromatic heterocycles. The van der Waals surface area contributed by atoms with E-state index in [9.17, 15) is 0 Å². The van der Waals surface area contributed by atoms with Gasteiger partial charge in [-0.1, -0.05) is 36.8 Å². The maximum atomic E-state index is 4.45. The molecule has 21 heavy (non-hydrogen) atoms. The van der Waals surface area contributed by atoms with Gasteiger partial charge in [-0.25, -0.2) is 4.98 Å². The Morgan fingerprint density at radius 1 is 1.24 bits per heavy atom. The first kappa shape index (κ1) is 14.3. The number of aryl methyl sites for hydroxylation is 2. The fraction of sp³-hybridized carbons (Fsp3) is 0.529. The molecule has 0 aliphatic carbocycles. The van der Waals surface area contributed by atoms with E-state index in [1.54, 1.807) is 0 Å². The molecule has 3 rings (SSSR count). The molecule has 2 aromatic rings. The van der Waals surface area contributed by atoms with Crippen molar-refractivity contribution in [2.24, 2.45) is 0 Å². The summed E-state index contributed by atoms with van der Waals surface area (Å²) in [6.07, 6.45) is 6.34. The van der Waals surface area contributed by atoms with Crippen molar-refractivity contribution in [3.05, 3.63) is 47.5 Å². The zero-order valence-corrected chi connectivity index (χ0v) is 12.8. The van der Waals surface area contributed by atoms with E-state index in [1.807, 2.05) is 6.92 Å². The fourth-order valence-electron chi connectivity index (χ4n) is 3.21. The minimum absolute atomic E-state index is 0.665. The number of likely N-dealkylation sites (tertiary alicyclic amines) is 1. The summed E-state index contributed by atoms with van der Waals surface area (Å²) in [6.45, 7) is 4.01. The number of aromatic nitrogens is 3. The molecule has 1 saturated heterocycles. The largest absolute Gasteiger partial charge is 0.293 e. The van der Waals surface area contributed by atoms with Crippen LogP contribution in [0.4, 0.5) is 0 Å². The highest BCUT2D eigenvalue weighted by molar-refractivity contribution is 5.14. The highest BCUT2D eigenvalue weighted by Gasteiger charge is 2.23. The Morgan fingerprint density at radius 2 is 2.10 bits per heavy atom. The molecule has 1 atom stereocenters. The molecule has 0 radical (unpaired) electrons. The van der Waals surface area contributed by atoms with E-state index in [-0.39, 0.29) is 0 Å². The van der Waals surface area contributed by atoms with Crippen molar-refractivity contribution in [2.45, 2.75) is 51.6 Å². The molecular weight excluding hydrogens is 260 g/mol. The normalized spacial score (nSPS) is 19.8. The first-order chi connectivity index (χ1) is 10.3. The van der Waals surface area contributed by atoms with Crippen LogP contribution >= 0.6 is 0 Å². The van der Waals surface area contributed by atoms with Crippen molar-refractivity contribution in [3.63, 3.8) is 0 Å². The van der Waals surface area contributed by atoms with Crippen LogP contribution in [-0.2, 0) is 13.0 Å². The summed E-state index contributed by atoms with van der Waals surface area (Å²) in [5.41, 5.74) is 1.44. The van der Waals surface area contributed by atoms with E-state index < -0.39 is 0 Å². The maximum absolute atomic E-state index is 4.45. The number of hydrogen-bond acceptors (Lipinski definition) is 3. The molecular formula is C17H24N4. The predicted molar refractivity (Wildman–Crippen MR) is 83.9 cm³/mol. The third-order valence-corrected chi connectivity index (χ3v) is 4.35. The first-order valence-electron chi connectivity index (χ1n) is 7.97. The van der Waals surface area contributed by atoms with Crippen LogP contribution in [0.25, 0.3) is 0 Å². The molecule has 0 amide bonds. The zero-order chi connectivity index (χ0) is 14.5. The van der Waals surface area contributed by atoms with Crippen molar-refractivity contribution >= 4 is 0 Å². The minimum atomic E-state index is 0.665. The minimum Gasteiger partial charge on any atom is -0.293 e. The van der Waals surface area contributed by atoms with E-state index in [0.29, 0.717) is 6.04 Å². The van der Waals surface area contributed by atoms with Crippen LogP contribution < -0.4 is 0 Å². The molecule has 2 heterocycles. The second-order valence-corrected chi connectivity index (χ2v) is 5.98. The number of piperidine rings is 1. The Labute approximate surface area is 126 Å². The summed E-state index contributed by atoms with van der Waals surface area (Å²) in [7, 11) is 0. The molecule has 1 aromatic carbocycles. The standard InChI is InChI=1S/C17H24N4/c1-14-18-17(20-19-14)13-21-12-6-5-9-16(21)11-10-15-7-3-2-4-8-15/h2-4,7-8,16H,5-6,9-13H2,1H3,(H,18,19,20). The molecule has 0 bridgehead atoms. The van der Waals surface area contributed by atoms with Crippen LogP contribution in [0.15, 0.2) is 30.3 Å². The number of hydrogen-bond donors (Lipinski definition) is 1. The van der Waals surface area contributed by atoms with Crippen molar-refractivity contribution in [1.82, 2.24) is 20.1 Å². The van der Waals surface area contributed by atoms with Crippen molar-refractivity contribution in [2.75, 3.05) is 6.54 Å². The fourth-order valence-corrected chi connectivity index (χ4v) is 3.21. The Morgan fingerprint density at radius 3 is 2.86 bits per heavy atom. The molecule has 1 aliphatic rings. The van der Waals surface area contributed by atoms with E-state index in [2.05, 4.69) is 50.4 Å². The summed E-state index contributed by atoms with van der Waals surface area (Å²) in [5.74, 6) is 1.84. The lowest BCUT2D eigenvalue weighted by atomic mass is 9.96. The summed E-state index contributed by atoms with van der Waals surface area (Å²) >= 11 is 0. The molecule has 1 N–H and O–H groups in total. The monoisotopic (exact) mass is 284 g/mol. The van der Waals surface area contributed by atoms with Gasteiger partial charge in [-0.05, 0) is 44.7 Å². The molecule has 4 heteroatoms. The SMILES string of the molecule is Cc1nc(CN2CCCCC2CCc2ccccc2)n[nH]1. The van der Waals surface area contributed by atoms with E-state index in [1.165, 1.54) is 37.8 Å². The van der Waals surface area contributed by atoms with Gasteiger partial charge in [0.15, 0.2) is 5.82 Å². The number of nitrogens with zero attached hydrogens (tertiary/aromatic N) is 3. The molecule has 4 nitrogen and oxygen atoms in total. The number of benzene rings is 1. The van der Waals surface area contributed by atoms with E-state index in [0.717, 1.165) is 24.6 Å². The summed E-state index contributed by atoms with van der Waals surface area (Å²) in [5, 5.41) is 7.23. The summed E-state index contributed by atoms with van der Waals surface area (Å²) < 4.78 is 0. The third-order valence-electron chi connectivity index (χ3n) is 4.35. The smallest absolute Gasteiger partial charge is 0.164 e. The maximum Gasteiger partial charge on any atom is 0.164 e. The van der Waals surface area contributed by atoms with Crippen LogP contribution in [0.3, 0.4) is 0 Å². The van der Waals surface area contributed by atoms with Gasteiger partial charge in [-0.2, -0.15) is 5.10 Å². The van der Waals surface area contributed by atoms with E-state index in [4.69, 9.17) is 0 Å². The molecule has 0 saturated carbocycles. The van der Waals surface area contributed by atoms with Gasteiger partial charge in [0.25, 0.3) is 0 Å². The van der Waals surface area contributed by atoms with Crippen LogP contribution in [0.1, 0.15) is 42.9 Å². The summed E-state index contributed by atoms with van der Waals surface area (Å²) in [6, 6.07) is 11.5. The van der Waals surface area contributed by atoms with Gasteiger partial charge in [0.1, 0.15) is 5.82 Å². The quantitative estimate of drug-likeness (QED) is 0.917. The molecule has 112 valence electrons. The van der Waals surface area contributed by atoms with Gasteiger partial charge < -0.3 is 0 Å². The lowest BCUT2D eigenvalue weighted by Gasteiger charge is -2.35. The average Bonchev–Trinajstić information content (AvgIpc) is 2.93. The lowest BCUT2D eigenvalue weighted by Crippen LogP contribution is -2.39. The highest BCUT2D eigenvalue weighted by atomic mass is 15.3. The molecule has 1 fully saturated rings. The van der Waals surface area contributed by atoms with Crippen LogP contribution in [0, 0.1) is 6.92 Å². The Hall–Kier alpha value is -1.68.